The molecule has 0 aliphatic rings. The molecule has 0 aliphatic heterocycles. The number of hydrogen-bond acceptors (Lipinski definition) is 2. The molecule has 68 valence electrons. The summed E-state index contributed by atoms with van der Waals surface area (Å²) in [6, 6.07) is 0. The van der Waals surface area contributed by atoms with Gasteiger partial charge < -0.3 is 10.8 Å². The fourth-order valence-corrected chi connectivity index (χ4v) is 1.30. The zero-order valence-corrected chi connectivity index (χ0v) is 8.03. The highest BCUT2D eigenvalue weighted by Gasteiger charge is 2.51. The second kappa shape index (κ2) is 3.33. The maximum Gasteiger partial charge on any atom is 0.330 e. The van der Waals surface area contributed by atoms with Crippen LogP contribution in [0.15, 0.2) is 0 Å². The molecule has 0 spiro atoms. The highest BCUT2D eigenvalue weighted by molar-refractivity contribution is 9.10. The van der Waals surface area contributed by atoms with Gasteiger partial charge in [0.2, 0.25) is 0 Å². The van der Waals surface area contributed by atoms with Crippen LogP contribution in [0.2, 0.25) is 0 Å². The van der Waals surface area contributed by atoms with Gasteiger partial charge in [-0.3, -0.25) is 0 Å². The lowest BCUT2D eigenvalue weighted by Crippen LogP contribution is -2.54. The van der Waals surface area contributed by atoms with E-state index in [1.807, 2.05) is 0 Å². The molecular formula is C6H12BrF2NO. The molecule has 5 heteroatoms. The van der Waals surface area contributed by atoms with Crippen molar-refractivity contribution >= 4 is 15.9 Å². The lowest BCUT2D eigenvalue weighted by molar-refractivity contribution is -0.135. The SMILES string of the molecule is CC(C)C(O)(CN)C(F)(F)Br. The molecular weight excluding hydrogens is 220 g/mol. The van der Waals surface area contributed by atoms with E-state index < -0.39 is 22.9 Å². The van der Waals surface area contributed by atoms with E-state index in [0.717, 1.165) is 0 Å². The molecule has 1 atom stereocenters. The summed E-state index contributed by atoms with van der Waals surface area (Å²) < 4.78 is 25.2. The molecule has 0 saturated heterocycles. The minimum atomic E-state index is -3.33. The van der Waals surface area contributed by atoms with Gasteiger partial charge in [-0.2, -0.15) is 8.78 Å². The molecule has 11 heavy (non-hydrogen) atoms. The summed E-state index contributed by atoms with van der Waals surface area (Å²) in [4.78, 5) is -3.33. The van der Waals surface area contributed by atoms with Crippen molar-refractivity contribution in [2.75, 3.05) is 6.54 Å². The number of nitrogens with two attached hydrogens (primary N) is 1. The third-order valence-electron chi connectivity index (χ3n) is 1.76. The molecule has 0 aromatic carbocycles. The lowest BCUT2D eigenvalue weighted by Gasteiger charge is -2.34. The molecule has 1 unspecified atom stereocenters. The van der Waals surface area contributed by atoms with Crippen LogP contribution < -0.4 is 5.73 Å². The third-order valence-corrected chi connectivity index (χ3v) is 2.44. The summed E-state index contributed by atoms with van der Waals surface area (Å²) in [6.07, 6.45) is 0. The molecule has 0 radical (unpaired) electrons. The van der Waals surface area contributed by atoms with Gasteiger partial charge in [0.25, 0.3) is 0 Å². The van der Waals surface area contributed by atoms with E-state index in [-0.39, 0.29) is 0 Å². The van der Waals surface area contributed by atoms with Crippen molar-refractivity contribution in [1.82, 2.24) is 0 Å². The van der Waals surface area contributed by atoms with Crippen molar-refractivity contribution < 1.29 is 13.9 Å². The predicted molar refractivity (Wildman–Crippen MR) is 42.7 cm³/mol. The fraction of sp³-hybridized carbons (Fsp3) is 1.00. The van der Waals surface area contributed by atoms with Crippen molar-refractivity contribution in [3.63, 3.8) is 0 Å². The van der Waals surface area contributed by atoms with E-state index >= 15 is 0 Å². The lowest BCUT2D eigenvalue weighted by atomic mass is 9.91. The quantitative estimate of drug-likeness (QED) is 0.721. The van der Waals surface area contributed by atoms with E-state index in [9.17, 15) is 13.9 Å². The first-order chi connectivity index (χ1) is 4.75. The average molecular weight is 232 g/mol. The van der Waals surface area contributed by atoms with Crippen molar-refractivity contribution in [2.24, 2.45) is 11.7 Å². The second-order valence-corrected chi connectivity index (χ2v) is 3.78. The van der Waals surface area contributed by atoms with E-state index in [1.165, 1.54) is 13.8 Å². The zero-order chi connectivity index (χ0) is 9.28. The predicted octanol–water partition coefficient (Wildman–Crippen LogP) is 1.32. The Hall–Kier alpha value is 0.260. The molecule has 2 nitrogen and oxygen atoms in total. The summed E-state index contributed by atoms with van der Waals surface area (Å²) in [5.41, 5.74) is 2.87. The van der Waals surface area contributed by atoms with Gasteiger partial charge in [0.05, 0.1) is 0 Å². The summed E-state index contributed by atoms with van der Waals surface area (Å²) in [5, 5.41) is 9.31. The maximum absolute atomic E-state index is 12.6. The highest BCUT2D eigenvalue weighted by atomic mass is 79.9. The largest absolute Gasteiger partial charge is 0.381 e. The topological polar surface area (TPSA) is 46.2 Å². The van der Waals surface area contributed by atoms with Crippen LogP contribution in [0.3, 0.4) is 0 Å². The first-order valence-electron chi connectivity index (χ1n) is 3.25. The van der Waals surface area contributed by atoms with Gasteiger partial charge in [-0.25, -0.2) is 0 Å². The van der Waals surface area contributed by atoms with Crippen molar-refractivity contribution in [3.05, 3.63) is 0 Å². The Labute approximate surface area is 72.9 Å². The van der Waals surface area contributed by atoms with Crippen molar-refractivity contribution in [1.29, 1.82) is 0 Å². The summed E-state index contributed by atoms with van der Waals surface area (Å²) in [7, 11) is 0. The summed E-state index contributed by atoms with van der Waals surface area (Å²) in [5.74, 6) is -0.595. The standard InChI is InChI=1S/C6H12BrF2NO/c1-4(2)5(11,3-10)6(7,8)9/h4,11H,3,10H2,1-2H3. The zero-order valence-electron chi connectivity index (χ0n) is 6.44. The Morgan fingerprint density at radius 1 is 1.55 bits per heavy atom. The van der Waals surface area contributed by atoms with Crippen molar-refractivity contribution in [2.45, 2.75) is 24.3 Å². The van der Waals surface area contributed by atoms with Crippen LogP contribution in [-0.2, 0) is 0 Å². The Morgan fingerprint density at radius 3 is 1.91 bits per heavy atom. The smallest absolute Gasteiger partial charge is 0.330 e. The highest BCUT2D eigenvalue weighted by Crippen LogP contribution is 2.38. The molecule has 3 N–H and O–H groups in total. The van der Waals surface area contributed by atoms with Crippen LogP contribution in [0.1, 0.15) is 13.8 Å². The van der Waals surface area contributed by atoms with E-state index in [0.29, 0.717) is 0 Å². The molecule has 0 aromatic rings. The van der Waals surface area contributed by atoms with Crippen LogP contribution in [0.5, 0.6) is 0 Å². The molecule has 0 saturated carbocycles. The number of alkyl halides is 3. The second-order valence-electron chi connectivity index (χ2n) is 2.78. The van der Waals surface area contributed by atoms with Crippen LogP contribution in [0.4, 0.5) is 8.78 Å². The first kappa shape index (κ1) is 11.3. The molecule has 0 fully saturated rings. The minimum absolute atomic E-state index is 0.469. The van der Waals surface area contributed by atoms with Gasteiger partial charge in [0.1, 0.15) is 0 Å². The van der Waals surface area contributed by atoms with Crippen LogP contribution in [0, 0.1) is 5.92 Å². The first-order valence-corrected chi connectivity index (χ1v) is 4.04. The minimum Gasteiger partial charge on any atom is -0.381 e. The van der Waals surface area contributed by atoms with Gasteiger partial charge in [-0.15, -0.1) is 0 Å². The van der Waals surface area contributed by atoms with Gasteiger partial charge in [0.15, 0.2) is 5.60 Å². The molecule has 0 bridgehead atoms. The number of halogens is 3. The van der Waals surface area contributed by atoms with E-state index in [2.05, 4.69) is 15.9 Å². The van der Waals surface area contributed by atoms with Gasteiger partial charge >= 0.3 is 4.83 Å². The normalized spacial score (nSPS) is 18.5. The Balaban J connectivity index is 4.61. The number of rotatable bonds is 3. The third kappa shape index (κ3) is 2.10. The molecule has 0 aromatic heterocycles. The van der Waals surface area contributed by atoms with Crippen LogP contribution in [-0.4, -0.2) is 22.1 Å². The van der Waals surface area contributed by atoms with E-state index in [4.69, 9.17) is 5.73 Å². The Morgan fingerprint density at radius 2 is 1.91 bits per heavy atom. The maximum atomic E-state index is 12.6. The van der Waals surface area contributed by atoms with E-state index in [1.54, 1.807) is 0 Å². The van der Waals surface area contributed by atoms with Gasteiger partial charge in [0, 0.05) is 6.54 Å². The molecule has 0 amide bonds. The molecule has 0 aliphatic carbocycles. The van der Waals surface area contributed by atoms with Crippen LogP contribution >= 0.6 is 15.9 Å². The Kier molecular flexibility index (Phi) is 3.41. The van der Waals surface area contributed by atoms with Crippen LogP contribution in [0.25, 0.3) is 0 Å². The number of hydrogen-bond donors (Lipinski definition) is 2. The molecule has 0 heterocycles. The average Bonchev–Trinajstić information content (AvgIpc) is 1.83. The summed E-state index contributed by atoms with van der Waals surface area (Å²) >= 11 is 2.10. The van der Waals surface area contributed by atoms with Gasteiger partial charge in [-0.1, -0.05) is 13.8 Å². The Bertz CT molecular complexity index is 137. The fourth-order valence-electron chi connectivity index (χ4n) is 0.679. The monoisotopic (exact) mass is 231 g/mol. The number of aliphatic hydroxyl groups is 1. The summed E-state index contributed by atoms with van der Waals surface area (Å²) in [6.45, 7) is 2.51. The molecule has 0 rings (SSSR count). The van der Waals surface area contributed by atoms with Crippen molar-refractivity contribution in [3.8, 4) is 0 Å². The van der Waals surface area contributed by atoms with Gasteiger partial charge in [-0.05, 0) is 21.8 Å².